The lowest BCUT2D eigenvalue weighted by Crippen LogP contribution is -2.02. The summed E-state index contributed by atoms with van der Waals surface area (Å²) in [6, 6.07) is 31.6. The summed E-state index contributed by atoms with van der Waals surface area (Å²) in [6.07, 6.45) is 0. The molecule has 0 nitrogen and oxygen atoms in total. The van der Waals surface area contributed by atoms with Gasteiger partial charge in [-0.15, -0.1) is 0 Å². The van der Waals surface area contributed by atoms with Gasteiger partial charge in [-0.05, 0) is 251 Å². The molecule has 0 spiro atoms. The van der Waals surface area contributed by atoms with Gasteiger partial charge in [0.15, 0.2) is 34.9 Å². The molecular formula is C72H71Cl10F9. The standard InChI is InChI=1S/3C8H8Cl2.2C8H8ClF.2C8H9Cl.C8H6F4.C8H7F3/c1-5-3-8(10)6(2)4-7(5)9;1-5-3-7(9)6(2)8(10)4-5;3*1-5-3-4-6(2)8(10)7(5)9;2*1-6-3-4-7(2)8(9)5-6;1-3-5(9)7(11)4(2)8(12)6(3)10;1-4-3-6(9)5(2)8(11)7(4)10/h5*3-4H,1-2H3;2*3-5H,1-2H3;1-2H3;3H,1-2H3. The second-order valence-corrected chi connectivity index (χ2v) is 25.1. The molecular weight excluding hydrogens is 1390 g/mol. The molecule has 0 amide bonds. The number of hydrogen-bond donors (Lipinski definition) is 0. The van der Waals surface area contributed by atoms with Gasteiger partial charge in [0.2, 0.25) is 0 Å². The average molecular weight is 1460 g/mol. The second-order valence-electron chi connectivity index (χ2n) is 21.1. The average Bonchev–Trinajstić information content (AvgIpc) is 2.06. The molecule has 0 aliphatic heterocycles. The second kappa shape index (κ2) is 39.8. The van der Waals surface area contributed by atoms with Crippen LogP contribution in [-0.2, 0) is 0 Å². The fourth-order valence-electron chi connectivity index (χ4n) is 6.80. The van der Waals surface area contributed by atoms with Gasteiger partial charge in [0.1, 0.15) is 17.5 Å². The predicted octanol–water partition coefficient (Wildman–Crippen LogP) is 28.5. The molecule has 0 aromatic heterocycles. The molecule has 0 bridgehead atoms. The molecule has 9 aromatic rings. The first-order chi connectivity index (χ1) is 42.0. The molecule has 0 radical (unpaired) electrons. The minimum atomic E-state index is -1.33. The van der Waals surface area contributed by atoms with Crippen molar-refractivity contribution in [2.24, 2.45) is 0 Å². The quantitative estimate of drug-likeness (QED) is 0.105. The zero-order valence-electron chi connectivity index (χ0n) is 53.5. The minimum Gasteiger partial charge on any atom is -0.207 e. The number of halogens is 19. The van der Waals surface area contributed by atoms with Gasteiger partial charge in [0.25, 0.3) is 0 Å². The molecule has 0 saturated heterocycles. The van der Waals surface area contributed by atoms with Crippen molar-refractivity contribution in [3.8, 4) is 0 Å². The summed E-state index contributed by atoms with van der Waals surface area (Å²) in [7, 11) is 0. The lowest BCUT2D eigenvalue weighted by atomic mass is 10.1. The topological polar surface area (TPSA) is 0 Å². The molecule has 0 fully saturated rings. The molecule has 0 heterocycles. The molecule has 0 atom stereocenters. The first kappa shape index (κ1) is 84.3. The maximum atomic E-state index is 12.9. The number of aryl methyl sites for hydroxylation is 14. The van der Waals surface area contributed by atoms with Crippen LogP contribution in [0.4, 0.5) is 39.5 Å². The first-order valence-corrected chi connectivity index (χ1v) is 31.2. The maximum absolute atomic E-state index is 12.9. The SMILES string of the molecule is Cc1c(F)c(F)c(C)c(F)c1F.Cc1cc(Cl)c(C)c(Cl)c1.Cc1cc(Cl)c(C)cc1Cl.Cc1cc(F)c(C)c(F)c1F.Cc1ccc(C)c(Cl)c1.Cc1ccc(C)c(Cl)c1.Cc1ccc(C)c(Cl)c1Cl.Cc1ccc(C)c(Cl)c1F.Cc1ccc(C)c(Cl)c1F. The summed E-state index contributed by atoms with van der Waals surface area (Å²) in [5, 5.41) is 6.56. The van der Waals surface area contributed by atoms with E-state index in [1.807, 2.05) is 130 Å². The van der Waals surface area contributed by atoms with Crippen molar-refractivity contribution in [3.63, 3.8) is 0 Å². The summed E-state index contributed by atoms with van der Waals surface area (Å²) < 4.78 is 114. The van der Waals surface area contributed by atoms with Crippen molar-refractivity contribution in [3.05, 3.63) is 306 Å². The van der Waals surface area contributed by atoms with E-state index in [1.165, 1.54) is 25.0 Å². The lowest BCUT2D eigenvalue weighted by molar-refractivity contribution is 0.436. The third-order valence-corrected chi connectivity index (χ3v) is 17.6. The molecule has 0 saturated carbocycles. The van der Waals surface area contributed by atoms with Crippen molar-refractivity contribution < 1.29 is 39.5 Å². The fraction of sp³-hybridized carbons (Fsp3) is 0.250. The van der Waals surface area contributed by atoms with Gasteiger partial charge >= 0.3 is 0 Å². The van der Waals surface area contributed by atoms with Crippen LogP contribution >= 0.6 is 116 Å². The van der Waals surface area contributed by atoms with Crippen molar-refractivity contribution in [2.45, 2.75) is 125 Å². The number of benzene rings is 9. The Labute approximate surface area is 581 Å². The Balaban J connectivity index is 0.000000512. The smallest absolute Gasteiger partial charge is 0.165 e. The summed E-state index contributed by atoms with van der Waals surface area (Å²) in [5.41, 5.74) is 12.1. The van der Waals surface area contributed by atoms with Crippen LogP contribution < -0.4 is 0 Å². The molecule has 0 unspecified atom stereocenters. The summed E-state index contributed by atoms with van der Waals surface area (Å²) >= 11 is 57.9. The van der Waals surface area contributed by atoms with E-state index in [-0.39, 0.29) is 32.8 Å². The van der Waals surface area contributed by atoms with Crippen molar-refractivity contribution in [1.29, 1.82) is 0 Å². The van der Waals surface area contributed by atoms with Crippen LogP contribution in [0.3, 0.4) is 0 Å². The van der Waals surface area contributed by atoms with Crippen LogP contribution in [0.2, 0.25) is 50.2 Å². The molecule has 91 heavy (non-hydrogen) atoms. The lowest BCUT2D eigenvalue weighted by Gasteiger charge is -2.04. The zero-order chi connectivity index (χ0) is 70.4. The minimum absolute atomic E-state index is 0.00870. The summed E-state index contributed by atoms with van der Waals surface area (Å²) in [4.78, 5) is 0. The maximum Gasteiger partial charge on any atom is 0.165 e. The van der Waals surface area contributed by atoms with Gasteiger partial charge in [-0.2, -0.15) is 0 Å². The Bertz CT molecular complexity index is 3480. The molecule has 0 aliphatic rings. The Morgan fingerprint density at radius 1 is 0.187 bits per heavy atom. The van der Waals surface area contributed by atoms with Gasteiger partial charge in [0, 0.05) is 46.8 Å². The highest BCUT2D eigenvalue weighted by molar-refractivity contribution is 6.43. The third-order valence-electron chi connectivity index (χ3n) is 13.2. The van der Waals surface area contributed by atoms with E-state index in [1.54, 1.807) is 52.0 Å². The van der Waals surface area contributed by atoms with Gasteiger partial charge in [-0.1, -0.05) is 177 Å². The highest BCUT2D eigenvalue weighted by atomic mass is 35.5. The number of rotatable bonds is 0. The monoisotopic (exact) mass is 1460 g/mol. The first-order valence-electron chi connectivity index (χ1n) is 27.4. The van der Waals surface area contributed by atoms with E-state index in [9.17, 15) is 39.5 Å². The zero-order valence-corrected chi connectivity index (χ0v) is 61.1. The largest absolute Gasteiger partial charge is 0.207 e. The van der Waals surface area contributed by atoms with Gasteiger partial charge in [0.05, 0.1) is 20.1 Å². The Morgan fingerprint density at radius 2 is 0.440 bits per heavy atom. The van der Waals surface area contributed by atoms with E-state index in [4.69, 9.17) is 116 Å². The molecule has 0 N–H and O–H groups in total. The van der Waals surface area contributed by atoms with Crippen LogP contribution in [0.1, 0.15) is 100 Å². The molecule has 19 heteroatoms. The molecule has 0 aliphatic carbocycles. The van der Waals surface area contributed by atoms with E-state index in [0.717, 1.165) is 106 Å². The third kappa shape index (κ3) is 26.9. The van der Waals surface area contributed by atoms with Gasteiger partial charge in [-0.3, -0.25) is 0 Å². The van der Waals surface area contributed by atoms with Gasteiger partial charge in [-0.25, -0.2) is 39.5 Å². The summed E-state index contributed by atoms with van der Waals surface area (Å²) in [5.74, 6) is -8.69. The van der Waals surface area contributed by atoms with Crippen molar-refractivity contribution >= 4 is 116 Å². The Morgan fingerprint density at radius 3 is 0.725 bits per heavy atom. The summed E-state index contributed by atoms with van der Waals surface area (Å²) in [6.45, 7) is 31.1. The molecule has 9 rings (SSSR count). The normalized spacial score (nSPS) is 10.0. The van der Waals surface area contributed by atoms with Crippen molar-refractivity contribution in [1.82, 2.24) is 0 Å². The number of hydrogen-bond acceptors (Lipinski definition) is 0. The molecule has 9 aromatic carbocycles. The van der Waals surface area contributed by atoms with E-state index >= 15 is 0 Å². The van der Waals surface area contributed by atoms with Crippen LogP contribution in [0.15, 0.2) is 103 Å². The van der Waals surface area contributed by atoms with E-state index in [2.05, 4.69) is 12.1 Å². The molecule has 492 valence electrons. The Kier molecular flexibility index (Phi) is 36.9. The van der Waals surface area contributed by atoms with E-state index < -0.39 is 51.8 Å². The van der Waals surface area contributed by atoms with Crippen molar-refractivity contribution in [2.75, 3.05) is 0 Å². The Hall–Kier alpha value is -4.75. The van der Waals surface area contributed by atoms with Crippen LogP contribution in [0.5, 0.6) is 0 Å². The highest BCUT2D eigenvalue weighted by Crippen LogP contribution is 2.30. The fourth-order valence-corrected chi connectivity index (χ4v) is 9.15. The predicted molar refractivity (Wildman–Crippen MR) is 373 cm³/mol. The van der Waals surface area contributed by atoms with Crippen LogP contribution in [0.25, 0.3) is 0 Å². The van der Waals surface area contributed by atoms with Crippen LogP contribution in [0, 0.1) is 177 Å². The van der Waals surface area contributed by atoms with Gasteiger partial charge < -0.3 is 0 Å². The van der Waals surface area contributed by atoms with E-state index in [0.29, 0.717) is 21.2 Å². The highest BCUT2D eigenvalue weighted by Gasteiger charge is 2.20. The van der Waals surface area contributed by atoms with Crippen LogP contribution in [-0.4, -0.2) is 0 Å².